The van der Waals surface area contributed by atoms with E-state index in [2.05, 4.69) is 22.2 Å². The van der Waals surface area contributed by atoms with Gasteiger partial charge in [0.25, 0.3) is 0 Å². The van der Waals surface area contributed by atoms with Crippen molar-refractivity contribution in [1.82, 2.24) is 15.3 Å². The largest absolute Gasteiger partial charge is 0.494 e. The van der Waals surface area contributed by atoms with E-state index in [1.54, 1.807) is 12.4 Å². The van der Waals surface area contributed by atoms with Crippen molar-refractivity contribution in [2.45, 2.75) is 25.6 Å². The standard InChI is InChI=1S/C23H25N3O3S/c1-2-14-28-20-8-10-21(11-9-20)29-23-18(6-5-13-25-23)15-26-22(27)17-30-16-19-7-3-4-12-24-19/h3-13H,2,14-17H2,1H3,(H,26,27). The smallest absolute Gasteiger partial charge is 0.230 e. The van der Waals surface area contributed by atoms with E-state index in [0.29, 0.717) is 36.3 Å². The summed E-state index contributed by atoms with van der Waals surface area (Å²) in [5, 5.41) is 2.92. The van der Waals surface area contributed by atoms with Gasteiger partial charge in [0.05, 0.1) is 18.1 Å². The number of rotatable bonds is 11. The molecule has 30 heavy (non-hydrogen) atoms. The zero-order valence-corrected chi connectivity index (χ0v) is 17.7. The Kier molecular flexibility index (Phi) is 8.53. The molecule has 2 aromatic heterocycles. The van der Waals surface area contributed by atoms with Gasteiger partial charge in [-0.3, -0.25) is 9.78 Å². The molecule has 3 aromatic rings. The molecule has 0 unspecified atom stereocenters. The number of benzene rings is 1. The zero-order chi connectivity index (χ0) is 21.0. The average molecular weight is 424 g/mol. The molecule has 0 saturated heterocycles. The molecule has 2 heterocycles. The molecule has 0 bridgehead atoms. The van der Waals surface area contributed by atoms with E-state index in [9.17, 15) is 4.79 Å². The molecule has 1 amide bonds. The maximum absolute atomic E-state index is 12.2. The predicted octanol–water partition coefficient (Wildman–Crippen LogP) is 4.61. The molecular weight excluding hydrogens is 398 g/mol. The quantitative estimate of drug-likeness (QED) is 0.486. The molecule has 0 fully saturated rings. The summed E-state index contributed by atoms with van der Waals surface area (Å²) in [5.74, 6) is 2.97. The third-order valence-electron chi connectivity index (χ3n) is 4.05. The van der Waals surface area contributed by atoms with Crippen molar-refractivity contribution in [3.63, 3.8) is 0 Å². The van der Waals surface area contributed by atoms with Crippen molar-refractivity contribution in [3.8, 4) is 17.4 Å². The van der Waals surface area contributed by atoms with Gasteiger partial charge in [-0.1, -0.05) is 19.1 Å². The number of carbonyl (C=O) groups excluding carboxylic acids is 1. The fourth-order valence-corrected chi connectivity index (χ4v) is 3.33. The lowest BCUT2D eigenvalue weighted by molar-refractivity contribution is -0.118. The first-order chi connectivity index (χ1) is 14.7. The van der Waals surface area contributed by atoms with Gasteiger partial charge in [-0.2, -0.15) is 0 Å². The molecule has 0 saturated carbocycles. The van der Waals surface area contributed by atoms with Gasteiger partial charge < -0.3 is 14.8 Å². The molecule has 0 aliphatic carbocycles. The Bertz CT molecular complexity index is 920. The Labute approximate surface area is 181 Å². The highest BCUT2D eigenvalue weighted by Crippen LogP contribution is 2.25. The van der Waals surface area contributed by atoms with E-state index < -0.39 is 0 Å². The van der Waals surface area contributed by atoms with Crippen LogP contribution in [-0.4, -0.2) is 28.2 Å². The van der Waals surface area contributed by atoms with Crippen LogP contribution in [0.15, 0.2) is 67.0 Å². The number of thioether (sulfide) groups is 1. The molecular formula is C23H25N3O3S. The molecule has 1 N–H and O–H groups in total. The summed E-state index contributed by atoms with van der Waals surface area (Å²) < 4.78 is 11.5. The highest BCUT2D eigenvalue weighted by molar-refractivity contribution is 7.99. The molecule has 3 rings (SSSR count). The van der Waals surface area contributed by atoms with Crippen LogP contribution in [0, 0.1) is 0 Å². The zero-order valence-electron chi connectivity index (χ0n) is 16.9. The van der Waals surface area contributed by atoms with E-state index >= 15 is 0 Å². The van der Waals surface area contributed by atoms with E-state index in [1.807, 2.05) is 54.6 Å². The van der Waals surface area contributed by atoms with Crippen LogP contribution in [0.25, 0.3) is 0 Å². The third-order valence-corrected chi connectivity index (χ3v) is 5.01. The third kappa shape index (κ3) is 7.08. The van der Waals surface area contributed by atoms with Gasteiger partial charge in [0.15, 0.2) is 0 Å². The first-order valence-corrected chi connectivity index (χ1v) is 11.0. The van der Waals surface area contributed by atoms with E-state index in [0.717, 1.165) is 23.4 Å². The maximum atomic E-state index is 12.2. The van der Waals surface area contributed by atoms with Gasteiger partial charge in [0, 0.05) is 30.3 Å². The monoisotopic (exact) mass is 423 g/mol. The SMILES string of the molecule is CCCOc1ccc(Oc2ncccc2CNC(=O)CSCc2ccccn2)cc1. The number of ether oxygens (including phenoxy) is 2. The van der Waals surface area contributed by atoms with Crippen LogP contribution >= 0.6 is 11.8 Å². The molecule has 0 atom stereocenters. The second-order valence-corrected chi connectivity index (χ2v) is 7.47. The maximum Gasteiger partial charge on any atom is 0.230 e. The van der Waals surface area contributed by atoms with Crippen LogP contribution in [0.1, 0.15) is 24.6 Å². The fourth-order valence-electron chi connectivity index (χ4n) is 2.56. The first kappa shape index (κ1) is 21.6. The summed E-state index contributed by atoms with van der Waals surface area (Å²) in [5.41, 5.74) is 1.77. The number of pyridine rings is 2. The van der Waals surface area contributed by atoms with Crippen LogP contribution < -0.4 is 14.8 Å². The Hall–Kier alpha value is -3.06. The van der Waals surface area contributed by atoms with Crippen LogP contribution in [0.2, 0.25) is 0 Å². The number of carbonyl (C=O) groups is 1. The topological polar surface area (TPSA) is 73.3 Å². The molecule has 6 nitrogen and oxygen atoms in total. The van der Waals surface area contributed by atoms with Gasteiger partial charge in [0.2, 0.25) is 11.8 Å². The lowest BCUT2D eigenvalue weighted by Gasteiger charge is -2.11. The summed E-state index contributed by atoms with van der Waals surface area (Å²) in [6.45, 7) is 3.10. The van der Waals surface area contributed by atoms with Gasteiger partial charge in [-0.25, -0.2) is 4.98 Å². The van der Waals surface area contributed by atoms with Crippen molar-refractivity contribution in [1.29, 1.82) is 0 Å². The van der Waals surface area contributed by atoms with Gasteiger partial charge in [-0.15, -0.1) is 11.8 Å². The van der Waals surface area contributed by atoms with Crippen molar-refractivity contribution in [3.05, 3.63) is 78.2 Å². The average Bonchev–Trinajstić information content (AvgIpc) is 2.79. The Morgan fingerprint density at radius 1 is 1.00 bits per heavy atom. The normalized spacial score (nSPS) is 10.4. The number of hydrogen-bond donors (Lipinski definition) is 1. The highest BCUT2D eigenvalue weighted by Gasteiger charge is 2.09. The Morgan fingerprint density at radius 2 is 1.80 bits per heavy atom. The van der Waals surface area contributed by atoms with E-state index in [1.165, 1.54) is 11.8 Å². The van der Waals surface area contributed by atoms with Crippen LogP contribution in [0.3, 0.4) is 0 Å². The Morgan fingerprint density at radius 3 is 2.57 bits per heavy atom. The molecule has 7 heteroatoms. The molecule has 0 radical (unpaired) electrons. The lowest BCUT2D eigenvalue weighted by atomic mass is 10.2. The van der Waals surface area contributed by atoms with Crippen LogP contribution in [0.4, 0.5) is 0 Å². The summed E-state index contributed by atoms with van der Waals surface area (Å²) in [4.78, 5) is 20.7. The summed E-state index contributed by atoms with van der Waals surface area (Å²) in [7, 11) is 0. The second kappa shape index (κ2) is 11.8. The van der Waals surface area contributed by atoms with Crippen molar-refractivity contribution >= 4 is 17.7 Å². The van der Waals surface area contributed by atoms with E-state index in [-0.39, 0.29) is 5.91 Å². The second-order valence-electron chi connectivity index (χ2n) is 6.48. The molecule has 0 spiro atoms. The number of nitrogens with zero attached hydrogens (tertiary/aromatic N) is 2. The van der Waals surface area contributed by atoms with Gasteiger partial charge in [-0.05, 0) is 48.9 Å². The number of aromatic nitrogens is 2. The first-order valence-electron chi connectivity index (χ1n) is 9.83. The summed E-state index contributed by atoms with van der Waals surface area (Å²) >= 11 is 1.53. The van der Waals surface area contributed by atoms with Crippen molar-refractivity contribution in [2.75, 3.05) is 12.4 Å². The van der Waals surface area contributed by atoms with Crippen LogP contribution in [0.5, 0.6) is 17.4 Å². The summed E-state index contributed by atoms with van der Waals surface area (Å²) in [6.07, 6.45) is 4.39. The minimum Gasteiger partial charge on any atom is -0.494 e. The molecule has 156 valence electrons. The van der Waals surface area contributed by atoms with E-state index in [4.69, 9.17) is 9.47 Å². The van der Waals surface area contributed by atoms with Gasteiger partial charge >= 0.3 is 0 Å². The molecule has 1 aromatic carbocycles. The van der Waals surface area contributed by atoms with Crippen molar-refractivity contribution < 1.29 is 14.3 Å². The fraction of sp³-hybridized carbons (Fsp3) is 0.261. The minimum absolute atomic E-state index is 0.0387. The number of hydrogen-bond acceptors (Lipinski definition) is 6. The number of nitrogens with one attached hydrogen (secondary N) is 1. The predicted molar refractivity (Wildman–Crippen MR) is 119 cm³/mol. The lowest BCUT2D eigenvalue weighted by Crippen LogP contribution is -2.25. The summed E-state index contributed by atoms with van der Waals surface area (Å²) in [6, 6.07) is 16.9. The molecule has 0 aliphatic heterocycles. The molecule has 0 aliphatic rings. The highest BCUT2D eigenvalue weighted by atomic mass is 32.2. The number of amides is 1. The minimum atomic E-state index is -0.0387. The van der Waals surface area contributed by atoms with Gasteiger partial charge in [0.1, 0.15) is 11.5 Å². The van der Waals surface area contributed by atoms with Crippen molar-refractivity contribution in [2.24, 2.45) is 0 Å². The Balaban J connectivity index is 1.49. The van der Waals surface area contributed by atoms with Crippen LogP contribution in [-0.2, 0) is 17.1 Å².